The lowest BCUT2D eigenvalue weighted by Gasteiger charge is -2.27. The minimum absolute atomic E-state index is 0. The Morgan fingerprint density at radius 2 is 1.57 bits per heavy atom. The van der Waals surface area contributed by atoms with E-state index in [1.807, 2.05) is 7.05 Å². The zero-order chi connectivity index (χ0) is 10.5. The van der Waals surface area contributed by atoms with Crippen LogP contribution >= 0.6 is 12.4 Å². The average Bonchev–Trinajstić information content (AvgIpc) is 1.82. The number of hydrogen-bond donors (Lipinski definition) is 1. The highest BCUT2D eigenvalue weighted by Gasteiger charge is 2.18. The van der Waals surface area contributed by atoms with Crippen LogP contribution in [0.2, 0.25) is 0 Å². The molecule has 0 aliphatic rings. The van der Waals surface area contributed by atoms with Gasteiger partial charge in [0.2, 0.25) is 0 Å². The van der Waals surface area contributed by atoms with Crippen molar-refractivity contribution in [3.05, 3.63) is 0 Å². The van der Waals surface area contributed by atoms with Crippen LogP contribution in [0.4, 0.5) is 0 Å². The van der Waals surface area contributed by atoms with E-state index in [1.54, 1.807) is 0 Å². The molecule has 88 valence electrons. The maximum atomic E-state index is 5.68. The first-order chi connectivity index (χ1) is 5.77. The Morgan fingerprint density at radius 1 is 1.07 bits per heavy atom. The van der Waals surface area contributed by atoms with Gasteiger partial charge in [0, 0.05) is 13.2 Å². The zero-order valence-electron chi connectivity index (χ0n) is 10.4. The van der Waals surface area contributed by atoms with Gasteiger partial charge >= 0.3 is 0 Å². The van der Waals surface area contributed by atoms with Crippen LogP contribution in [0.1, 0.15) is 41.0 Å². The van der Waals surface area contributed by atoms with Crippen molar-refractivity contribution < 1.29 is 4.74 Å². The van der Waals surface area contributed by atoms with Gasteiger partial charge in [0.15, 0.2) is 0 Å². The average molecular weight is 224 g/mol. The topological polar surface area (TPSA) is 21.3 Å². The molecule has 14 heavy (non-hydrogen) atoms. The van der Waals surface area contributed by atoms with Crippen molar-refractivity contribution in [1.29, 1.82) is 0 Å². The van der Waals surface area contributed by atoms with Crippen molar-refractivity contribution in [2.45, 2.75) is 46.6 Å². The van der Waals surface area contributed by atoms with Gasteiger partial charge in [-0.2, -0.15) is 0 Å². The largest absolute Gasteiger partial charge is 0.376 e. The third kappa shape index (κ3) is 10.3. The van der Waals surface area contributed by atoms with E-state index in [0.717, 1.165) is 19.6 Å². The van der Waals surface area contributed by atoms with Crippen LogP contribution in [0.3, 0.4) is 0 Å². The normalized spacial score (nSPS) is 12.4. The number of nitrogens with one attached hydrogen (secondary N) is 1. The van der Waals surface area contributed by atoms with Gasteiger partial charge in [0.1, 0.15) is 0 Å². The first-order valence-electron chi connectivity index (χ1n) is 5.05. The second kappa shape index (κ2) is 6.65. The number of hydrogen-bond acceptors (Lipinski definition) is 2. The molecule has 0 unspecified atom stereocenters. The molecular formula is C11H26ClNO. The standard InChI is InChI=1S/C11H25NO.ClH/c1-10(2,3)13-8-7-11(4,5)9-12-6;/h12H,7-9H2,1-6H3;1H. The second-order valence-corrected chi connectivity index (χ2v) is 5.41. The van der Waals surface area contributed by atoms with Crippen LogP contribution < -0.4 is 5.32 Å². The maximum Gasteiger partial charge on any atom is 0.0598 e. The predicted octanol–water partition coefficient (Wildman–Crippen LogP) is 2.86. The van der Waals surface area contributed by atoms with Gasteiger partial charge in [0.25, 0.3) is 0 Å². The Morgan fingerprint density at radius 3 is 1.93 bits per heavy atom. The lowest BCUT2D eigenvalue weighted by molar-refractivity contribution is -0.0152. The van der Waals surface area contributed by atoms with Crippen LogP contribution in [-0.4, -0.2) is 25.8 Å². The van der Waals surface area contributed by atoms with Crippen molar-refractivity contribution in [1.82, 2.24) is 5.32 Å². The lowest BCUT2D eigenvalue weighted by Crippen LogP contribution is -2.29. The Kier molecular flexibility index (Phi) is 7.90. The molecule has 0 saturated carbocycles. The summed E-state index contributed by atoms with van der Waals surface area (Å²) in [6.45, 7) is 12.7. The minimum atomic E-state index is -0.00424. The molecule has 0 aromatic heterocycles. The van der Waals surface area contributed by atoms with Crippen molar-refractivity contribution in [2.24, 2.45) is 5.41 Å². The van der Waals surface area contributed by atoms with Crippen molar-refractivity contribution in [2.75, 3.05) is 20.2 Å². The van der Waals surface area contributed by atoms with Gasteiger partial charge < -0.3 is 10.1 Å². The highest BCUT2D eigenvalue weighted by molar-refractivity contribution is 5.85. The third-order valence-electron chi connectivity index (χ3n) is 1.97. The lowest BCUT2D eigenvalue weighted by atomic mass is 9.90. The molecule has 0 amide bonds. The summed E-state index contributed by atoms with van der Waals surface area (Å²) in [5, 5.41) is 3.20. The fraction of sp³-hybridized carbons (Fsp3) is 1.00. The van der Waals surface area contributed by atoms with Crippen LogP contribution in [-0.2, 0) is 4.74 Å². The molecule has 0 aliphatic heterocycles. The van der Waals surface area contributed by atoms with E-state index in [2.05, 4.69) is 39.9 Å². The van der Waals surface area contributed by atoms with Crippen LogP contribution in [0, 0.1) is 5.41 Å². The highest BCUT2D eigenvalue weighted by atomic mass is 35.5. The summed E-state index contributed by atoms with van der Waals surface area (Å²) < 4.78 is 5.68. The monoisotopic (exact) mass is 223 g/mol. The van der Waals surface area contributed by atoms with E-state index in [4.69, 9.17) is 4.74 Å². The SMILES string of the molecule is CNCC(C)(C)CCOC(C)(C)C.Cl. The summed E-state index contributed by atoms with van der Waals surface area (Å²) >= 11 is 0. The van der Waals surface area contributed by atoms with Crippen molar-refractivity contribution in [3.8, 4) is 0 Å². The minimum Gasteiger partial charge on any atom is -0.376 e. The quantitative estimate of drug-likeness (QED) is 0.774. The predicted molar refractivity (Wildman–Crippen MR) is 65.3 cm³/mol. The van der Waals surface area contributed by atoms with Gasteiger partial charge in [-0.1, -0.05) is 13.8 Å². The van der Waals surface area contributed by atoms with E-state index in [-0.39, 0.29) is 18.0 Å². The number of rotatable bonds is 5. The molecule has 0 aliphatic carbocycles. The highest BCUT2D eigenvalue weighted by Crippen LogP contribution is 2.20. The summed E-state index contributed by atoms with van der Waals surface area (Å²) in [5.41, 5.74) is 0.329. The van der Waals surface area contributed by atoms with Crippen molar-refractivity contribution >= 4 is 12.4 Å². The third-order valence-corrected chi connectivity index (χ3v) is 1.97. The molecule has 0 spiro atoms. The Labute approximate surface area is 95.2 Å². The van der Waals surface area contributed by atoms with Gasteiger partial charge in [-0.3, -0.25) is 0 Å². The molecule has 0 aromatic rings. The van der Waals surface area contributed by atoms with Gasteiger partial charge in [0.05, 0.1) is 5.60 Å². The zero-order valence-corrected chi connectivity index (χ0v) is 11.3. The molecule has 1 N–H and O–H groups in total. The molecular weight excluding hydrogens is 198 g/mol. The molecule has 0 radical (unpaired) electrons. The van der Waals surface area contributed by atoms with E-state index < -0.39 is 0 Å². The molecule has 0 fully saturated rings. The van der Waals surface area contributed by atoms with Gasteiger partial charge in [-0.05, 0) is 39.7 Å². The fourth-order valence-corrected chi connectivity index (χ4v) is 1.20. The van der Waals surface area contributed by atoms with Crippen LogP contribution in [0.25, 0.3) is 0 Å². The van der Waals surface area contributed by atoms with Crippen molar-refractivity contribution in [3.63, 3.8) is 0 Å². The summed E-state index contributed by atoms with van der Waals surface area (Å²) in [5.74, 6) is 0. The molecule has 0 bridgehead atoms. The van der Waals surface area contributed by atoms with Crippen LogP contribution in [0.5, 0.6) is 0 Å². The summed E-state index contributed by atoms with van der Waals surface area (Å²) in [4.78, 5) is 0. The van der Waals surface area contributed by atoms with E-state index >= 15 is 0 Å². The van der Waals surface area contributed by atoms with Gasteiger partial charge in [-0.15, -0.1) is 12.4 Å². The van der Waals surface area contributed by atoms with Crippen LogP contribution in [0.15, 0.2) is 0 Å². The fourth-order valence-electron chi connectivity index (χ4n) is 1.20. The summed E-state index contributed by atoms with van der Waals surface area (Å²) in [7, 11) is 1.99. The Bertz CT molecular complexity index is 141. The smallest absolute Gasteiger partial charge is 0.0598 e. The van der Waals surface area contributed by atoms with E-state index in [9.17, 15) is 0 Å². The Balaban J connectivity index is 0. The Hall–Kier alpha value is 0.210. The molecule has 0 aromatic carbocycles. The van der Waals surface area contributed by atoms with E-state index in [1.165, 1.54) is 0 Å². The van der Waals surface area contributed by atoms with Gasteiger partial charge in [-0.25, -0.2) is 0 Å². The molecule has 2 nitrogen and oxygen atoms in total. The molecule has 0 atom stereocenters. The first kappa shape index (κ1) is 16.6. The van der Waals surface area contributed by atoms with E-state index in [0.29, 0.717) is 5.41 Å². The first-order valence-corrected chi connectivity index (χ1v) is 5.05. The number of halogens is 1. The molecule has 0 saturated heterocycles. The number of ether oxygens (including phenoxy) is 1. The molecule has 0 heterocycles. The second-order valence-electron chi connectivity index (χ2n) is 5.41. The molecule has 3 heteroatoms. The summed E-state index contributed by atoms with van der Waals surface area (Å²) in [6, 6.07) is 0. The maximum absolute atomic E-state index is 5.68. The summed E-state index contributed by atoms with van der Waals surface area (Å²) in [6.07, 6.45) is 1.10. The molecule has 0 rings (SSSR count).